The van der Waals surface area contributed by atoms with Gasteiger partial charge in [-0.15, -0.1) is 0 Å². The van der Waals surface area contributed by atoms with Gasteiger partial charge in [-0.05, 0) is 31.9 Å². The van der Waals surface area contributed by atoms with Crippen molar-refractivity contribution in [1.29, 1.82) is 0 Å². The molecule has 10 nitrogen and oxygen atoms in total. The van der Waals surface area contributed by atoms with Crippen LogP contribution >= 0.6 is 0 Å². The van der Waals surface area contributed by atoms with Gasteiger partial charge in [-0.3, -0.25) is 14.4 Å². The van der Waals surface area contributed by atoms with E-state index >= 15 is 0 Å². The third kappa shape index (κ3) is 4.41. The molecule has 10 heteroatoms. The molecule has 1 fully saturated rings. The zero-order chi connectivity index (χ0) is 26.1. The molecule has 37 heavy (non-hydrogen) atoms. The number of carbonyl (C=O) groups excluding carboxylic acids is 4. The van der Waals surface area contributed by atoms with Crippen LogP contribution in [0.5, 0.6) is 0 Å². The number of benzene rings is 1. The van der Waals surface area contributed by atoms with Crippen LogP contribution in [-0.4, -0.2) is 64.5 Å². The summed E-state index contributed by atoms with van der Waals surface area (Å²) in [7, 11) is 1.27. The Bertz CT molecular complexity index is 1390. The van der Waals surface area contributed by atoms with Crippen LogP contribution in [0.1, 0.15) is 61.3 Å². The number of pyridine rings is 1. The van der Waals surface area contributed by atoms with E-state index in [1.54, 1.807) is 17.9 Å². The lowest BCUT2D eigenvalue weighted by Crippen LogP contribution is -2.50. The maximum absolute atomic E-state index is 13.9. The largest absolute Gasteiger partial charge is 0.465 e. The van der Waals surface area contributed by atoms with Crippen molar-refractivity contribution in [2.75, 3.05) is 20.3 Å². The molecule has 2 aliphatic rings. The summed E-state index contributed by atoms with van der Waals surface area (Å²) in [5.74, 6) is -1.96. The van der Waals surface area contributed by atoms with Gasteiger partial charge in [0.05, 0.1) is 24.9 Å². The van der Waals surface area contributed by atoms with Gasteiger partial charge in [0.15, 0.2) is 6.04 Å². The summed E-state index contributed by atoms with van der Waals surface area (Å²) >= 11 is 0. The van der Waals surface area contributed by atoms with Crippen LogP contribution in [0.2, 0.25) is 0 Å². The summed E-state index contributed by atoms with van der Waals surface area (Å²) in [5.41, 5.74) is 1.78. The molecule has 3 heterocycles. The second-order valence-corrected chi connectivity index (χ2v) is 9.40. The van der Waals surface area contributed by atoms with Crippen molar-refractivity contribution in [2.24, 2.45) is 0 Å². The fourth-order valence-electron chi connectivity index (χ4n) is 5.65. The van der Waals surface area contributed by atoms with Gasteiger partial charge in [-0.2, -0.15) is 0 Å². The monoisotopic (exact) mass is 506 g/mol. The van der Waals surface area contributed by atoms with Crippen molar-refractivity contribution >= 4 is 45.6 Å². The van der Waals surface area contributed by atoms with Crippen molar-refractivity contribution in [3.8, 4) is 0 Å². The number of esters is 2. The number of nitrogens with one attached hydrogen (secondary N) is 1. The second-order valence-electron chi connectivity index (χ2n) is 9.40. The van der Waals surface area contributed by atoms with E-state index in [2.05, 4.69) is 10.3 Å². The number of methoxy groups -OCH3 is 1. The topological polar surface area (TPSA) is 120 Å². The molecule has 194 valence electrons. The molecule has 2 aromatic heterocycles. The lowest BCUT2D eigenvalue weighted by molar-refractivity contribution is -0.147. The highest BCUT2D eigenvalue weighted by molar-refractivity contribution is 6.12. The predicted octanol–water partition coefficient (Wildman–Crippen LogP) is 2.87. The van der Waals surface area contributed by atoms with Crippen LogP contribution < -0.4 is 5.32 Å². The summed E-state index contributed by atoms with van der Waals surface area (Å²) in [6.07, 6.45) is 4.51. The lowest BCUT2D eigenvalue weighted by Gasteiger charge is -2.38. The maximum Gasteiger partial charge on any atom is 0.356 e. The fraction of sp³-hybridized carbons (Fsp3) is 0.444. The van der Waals surface area contributed by atoms with Gasteiger partial charge in [0.25, 0.3) is 0 Å². The third-order valence-electron chi connectivity index (χ3n) is 7.22. The Hall–Kier alpha value is -3.95. The number of fused-ring (bicyclic) bond motifs is 3. The highest BCUT2D eigenvalue weighted by Gasteiger charge is 2.42. The number of nitrogens with zero attached hydrogens (tertiary/aromatic N) is 3. The first-order valence-electron chi connectivity index (χ1n) is 12.7. The van der Waals surface area contributed by atoms with Crippen LogP contribution in [0, 0.1) is 0 Å². The average Bonchev–Trinajstić information content (AvgIpc) is 3.15. The van der Waals surface area contributed by atoms with Gasteiger partial charge < -0.3 is 24.3 Å². The standard InChI is InChI=1S/C27H30N4O6/c1-3-37-22(33)14-28-26(34)25-23-24-18(13-19(29-23)27(35)36-2)17-11-7-8-12-20(17)30(24)15-21(32)31(25)16-9-5-4-6-10-16/h7-8,11-13,16,25H,3-6,9-10,14-15H2,1-2H3,(H,28,34). The second kappa shape index (κ2) is 10.2. The van der Waals surface area contributed by atoms with Crippen LogP contribution in [0.4, 0.5) is 0 Å². The summed E-state index contributed by atoms with van der Waals surface area (Å²) < 4.78 is 11.8. The Morgan fingerprint density at radius 3 is 2.59 bits per heavy atom. The number of aromatic nitrogens is 2. The Morgan fingerprint density at radius 1 is 1.11 bits per heavy atom. The van der Waals surface area contributed by atoms with E-state index in [0.717, 1.165) is 43.0 Å². The normalized spacial score (nSPS) is 18.1. The SMILES string of the molecule is CCOC(=O)CNC(=O)C1c2nc(C(=O)OC)cc3c4ccccc4n(c23)CC(=O)N1C1CCCCC1. The Balaban J connectivity index is 1.73. The minimum Gasteiger partial charge on any atom is -0.465 e. The van der Waals surface area contributed by atoms with E-state index in [9.17, 15) is 19.2 Å². The van der Waals surface area contributed by atoms with Gasteiger partial charge in [0, 0.05) is 22.3 Å². The number of amides is 2. The first-order chi connectivity index (χ1) is 17.9. The molecule has 1 aliphatic carbocycles. The molecule has 1 unspecified atom stereocenters. The van der Waals surface area contributed by atoms with E-state index < -0.39 is 23.9 Å². The van der Waals surface area contributed by atoms with Crippen LogP contribution in [-0.2, 0) is 30.4 Å². The Morgan fingerprint density at radius 2 is 1.86 bits per heavy atom. The molecular formula is C27H30N4O6. The zero-order valence-electron chi connectivity index (χ0n) is 21.0. The van der Waals surface area contributed by atoms with Crippen molar-refractivity contribution in [3.05, 3.63) is 41.7 Å². The fourth-order valence-corrected chi connectivity index (χ4v) is 5.65. The molecule has 1 N–H and O–H groups in total. The average molecular weight is 507 g/mol. The molecule has 5 rings (SSSR count). The van der Waals surface area contributed by atoms with E-state index in [-0.39, 0.29) is 37.3 Å². The maximum atomic E-state index is 13.9. The number of hydrogen-bond donors (Lipinski definition) is 1. The molecule has 0 spiro atoms. The van der Waals surface area contributed by atoms with E-state index in [1.165, 1.54) is 7.11 Å². The number of hydrogen-bond acceptors (Lipinski definition) is 7. The lowest BCUT2D eigenvalue weighted by atomic mass is 9.92. The molecule has 1 saturated carbocycles. The predicted molar refractivity (Wildman–Crippen MR) is 135 cm³/mol. The first-order valence-corrected chi connectivity index (χ1v) is 12.7. The number of carbonyl (C=O) groups is 4. The third-order valence-corrected chi connectivity index (χ3v) is 7.22. The van der Waals surface area contributed by atoms with Crippen molar-refractivity contribution < 1.29 is 28.7 Å². The van der Waals surface area contributed by atoms with Crippen LogP contribution in [0.25, 0.3) is 21.8 Å². The van der Waals surface area contributed by atoms with Gasteiger partial charge in [0.2, 0.25) is 11.8 Å². The van der Waals surface area contributed by atoms with Crippen LogP contribution in [0.15, 0.2) is 30.3 Å². The van der Waals surface area contributed by atoms with E-state index in [1.807, 2.05) is 28.8 Å². The summed E-state index contributed by atoms with van der Waals surface area (Å²) in [4.78, 5) is 58.7. The molecule has 1 aromatic carbocycles. The van der Waals surface area contributed by atoms with Crippen LogP contribution in [0.3, 0.4) is 0 Å². The molecule has 1 aliphatic heterocycles. The zero-order valence-corrected chi connectivity index (χ0v) is 21.0. The Labute approximate surface area is 213 Å². The number of para-hydroxylation sites is 1. The molecule has 0 radical (unpaired) electrons. The smallest absolute Gasteiger partial charge is 0.356 e. The molecule has 2 amide bonds. The van der Waals surface area contributed by atoms with Gasteiger partial charge in [-0.1, -0.05) is 37.5 Å². The van der Waals surface area contributed by atoms with Crippen molar-refractivity contribution in [2.45, 2.75) is 57.7 Å². The molecule has 0 saturated heterocycles. The minimum absolute atomic E-state index is 0.0361. The highest BCUT2D eigenvalue weighted by Crippen LogP contribution is 2.40. The Kier molecular flexibility index (Phi) is 6.82. The number of ether oxygens (including phenoxy) is 2. The van der Waals surface area contributed by atoms with E-state index in [4.69, 9.17) is 9.47 Å². The molecule has 0 bridgehead atoms. The van der Waals surface area contributed by atoms with Gasteiger partial charge in [-0.25, -0.2) is 9.78 Å². The van der Waals surface area contributed by atoms with Crippen molar-refractivity contribution in [3.63, 3.8) is 0 Å². The summed E-state index contributed by atoms with van der Waals surface area (Å²) in [6, 6.07) is 7.97. The molecular weight excluding hydrogens is 476 g/mol. The van der Waals surface area contributed by atoms with E-state index in [0.29, 0.717) is 16.6 Å². The molecule has 1 atom stereocenters. The van der Waals surface area contributed by atoms with Gasteiger partial charge in [0.1, 0.15) is 18.8 Å². The highest BCUT2D eigenvalue weighted by atomic mass is 16.5. The summed E-state index contributed by atoms with van der Waals surface area (Å²) in [5, 5.41) is 4.21. The summed E-state index contributed by atoms with van der Waals surface area (Å²) in [6.45, 7) is 1.58. The van der Waals surface area contributed by atoms with Crippen molar-refractivity contribution in [1.82, 2.24) is 19.8 Å². The first kappa shape index (κ1) is 24.7. The quantitative estimate of drug-likeness (QED) is 0.511. The number of rotatable bonds is 6. The molecule has 3 aromatic rings. The minimum atomic E-state index is -1.12. The van der Waals surface area contributed by atoms with Gasteiger partial charge >= 0.3 is 11.9 Å².